The Labute approximate surface area is 168 Å². The Morgan fingerprint density at radius 3 is 2.45 bits per heavy atom. The molecule has 2 aromatic carbocycles. The molecule has 0 aliphatic carbocycles. The lowest BCUT2D eigenvalue weighted by atomic mass is 10.0. The number of rotatable bonds is 5. The molecular weight excluding hydrogens is 375 g/mol. The van der Waals surface area contributed by atoms with Crippen molar-refractivity contribution >= 4 is 23.1 Å². The quantitative estimate of drug-likeness (QED) is 0.728. The summed E-state index contributed by atoms with van der Waals surface area (Å²) in [5.74, 6) is -0.657. The molecule has 0 unspecified atom stereocenters. The zero-order chi connectivity index (χ0) is 20.4. The number of hydrogen-bond acceptors (Lipinski definition) is 5. The van der Waals surface area contributed by atoms with E-state index in [1.807, 2.05) is 11.8 Å². The highest BCUT2D eigenvalue weighted by atomic mass is 19.1. The standard InChI is InChI=1S/C22H21FN2O4/c1-2-29-18-5-3-4-17(14-18)25-21(26)19(15-6-8-16(23)9-7-15)20(22(25)27)24-10-12-28-13-11-24/h3-9,14H,2,10-13H2,1H3. The molecule has 0 atom stereocenters. The van der Waals surface area contributed by atoms with Gasteiger partial charge in [-0.15, -0.1) is 0 Å². The lowest BCUT2D eigenvalue weighted by molar-refractivity contribution is -0.121. The summed E-state index contributed by atoms with van der Waals surface area (Å²) in [6, 6.07) is 12.5. The molecule has 7 heteroatoms. The molecule has 4 rings (SSSR count). The minimum Gasteiger partial charge on any atom is -0.494 e. The van der Waals surface area contributed by atoms with Crippen LogP contribution in [-0.4, -0.2) is 49.6 Å². The van der Waals surface area contributed by atoms with Crippen LogP contribution in [0.25, 0.3) is 5.57 Å². The van der Waals surface area contributed by atoms with Gasteiger partial charge in [-0.1, -0.05) is 18.2 Å². The first-order valence-corrected chi connectivity index (χ1v) is 9.54. The van der Waals surface area contributed by atoms with Crippen LogP contribution >= 0.6 is 0 Å². The van der Waals surface area contributed by atoms with Gasteiger partial charge >= 0.3 is 0 Å². The highest BCUT2D eigenvalue weighted by Crippen LogP contribution is 2.36. The van der Waals surface area contributed by atoms with Gasteiger partial charge in [-0.05, 0) is 36.8 Å². The molecule has 1 fully saturated rings. The predicted octanol–water partition coefficient (Wildman–Crippen LogP) is 2.84. The summed E-state index contributed by atoms with van der Waals surface area (Å²) in [4.78, 5) is 29.8. The molecule has 6 nitrogen and oxygen atoms in total. The normalized spacial score (nSPS) is 17.3. The second-order valence-corrected chi connectivity index (χ2v) is 6.71. The van der Waals surface area contributed by atoms with Gasteiger partial charge in [-0.25, -0.2) is 9.29 Å². The first-order valence-electron chi connectivity index (χ1n) is 9.54. The minimum atomic E-state index is -0.434. The molecule has 0 N–H and O–H groups in total. The molecule has 29 heavy (non-hydrogen) atoms. The summed E-state index contributed by atoms with van der Waals surface area (Å²) in [6.45, 7) is 4.30. The summed E-state index contributed by atoms with van der Waals surface area (Å²) in [5, 5.41) is 0. The molecule has 2 amide bonds. The zero-order valence-corrected chi connectivity index (χ0v) is 16.1. The molecule has 0 aromatic heterocycles. The molecule has 2 heterocycles. The summed E-state index contributed by atoms with van der Waals surface area (Å²) in [6.07, 6.45) is 0. The Hall–Kier alpha value is -3.19. The molecule has 0 radical (unpaired) electrons. The van der Waals surface area contributed by atoms with Crippen LogP contribution in [-0.2, 0) is 14.3 Å². The Morgan fingerprint density at radius 1 is 1.03 bits per heavy atom. The first-order chi connectivity index (χ1) is 14.1. The van der Waals surface area contributed by atoms with Crippen molar-refractivity contribution in [1.29, 1.82) is 0 Å². The van der Waals surface area contributed by atoms with E-state index in [0.717, 1.165) is 4.90 Å². The maximum atomic E-state index is 13.4. The Kier molecular flexibility index (Phi) is 5.31. The van der Waals surface area contributed by atoms with Crippen LogP contribution in [0.1, 0.15) is 12.5 Å². The van der Waals surface area contributed by atoms with E-state index in [2.05, 4.69) is 0 Å². The van der Waals surface area contributed by atoms with Gasteiger partial charge in [0.25, 0.3) is 11.8 Å². The SMILES string of the molecule is CCOc1cccc(N2C(=O)C(c3ccc(F)cc3)=C(N3CCOCC3)C2=O)c1. The largest absolute Gasteiger partial charge is 0.494 e. The van der Waals surface area contributed by atoms with E-state index < -0.39 is 17.6 Å². The van der Waals surface area contributed by atoms with Crippen LogP contribution in [0, 0.1) is 5.82 Å². The molecule has 0 spiro atoms. The number of ether oxygens (including phenoxy) is 2. The number of carbonyl (C=O) groups is 2. The third-order valence-corrected chi connectivity index (χ3v) is 4.91. The lowest BCUT2D eigenvalue weighted by Crippen LogP contribution is -2.40. The lowest BCUT2D eigenvalue weighted by Gasteiger charge is -2.29. The zero-order valence-electron chi connectivity index (χ0n) is 16.1. The first kappa shape index (κ1) is 19.1. The van der Waals surface area contributed by atoms with Gasteiger partial charge in [-0.3, -0.25) is 9.59 Å². The summed E-state index contributed by atoms with van der Waals surface area (Å²) >= 11 is 0. The maximum absolute atomic E-state index is 13.4. The molecular formula is C22H21FN2O4. The average molecular weight is 396 g/mol. The van der Waals surface area contributed by atoms with Crippen molar-refractivity contribution in [2.24, 2.45) is 0 Å². The fourth-order valence-corrected chi connectivity index (χ4v) is 3.59. The van der Waals surface area contributed by atoms with Crippen molar-refractivity contribution in [2.75, 3.05) is 37.8 Å². The summed E-state index contributed by atoms with van der Waals surface area (Å²) in [7, 11) is 0. The van der Waals surface area contributed by atoms with Gasteiger partial charge in [-0.2, -0.15) is 0 Å². The van der Waals surface area contributed by atoms with Crippen LogP contribution in [0.15, 0.2) is 54.2 Å². The number of nitrogens with zero attached hydrogens (tertiary/aromatic N) is 2. The monoisotopic (exact) mass is 396 g/mol. The van der Waals surface area contributed by atoms with Crippen molar-refractivity contribution < 1.29 is 23.5 Å². The topological polar surface area (TPSA) is 59.1 Å². The van der Waals surface area contributed by atoms with Crippen LogP contribution in [0.5, 0.6) is 5.75 Å². The number of benzene rings is 2. The van der Waals surface area contributed by atoms with Gasteiger partial charge in [0.15, 0.2) is 0 Å². The third-order valence-electron chi connectivity index (χ3n) is 4.91. The fourth-order valence-electron chi connectivity index (χ4n) is 3.59. The number of morpholine rings is 1. The second-order valence-electron chi connectivity index (χ2n) is 6.71. The van der Waals surface area contributed by atoms with E-state index in [1.54, 1.807) is 24.3 Å². The molecule has 0 saturated carbocycles. The van der Waals surface area contributed by atoms with Crippen LogP contribution < -0.4 is 9.64 Å². The number of hydrogen-bond donors (Lipinski definition) is 0. The number of amides is 2. The Bertz CT molecular complexity index is 965. The highest BCUT2D eigenvalue weighted by Gasteiger charge is 2.42. The molecule has 2 aliphatic heterocycles. The van der Waals surface area contributed by atoms with Crippen molar-refractivity contribution in [3.63, 3.8) is 0 Å². The van der Waals surface area contributed by atoms with Crippen molar-refractivity contribution in [3.8, 4) is 5.75 Å². The van der Waals surface area contributed by atoms with E-state index in [4.69, 9.17) is 9.47 Å². The van der Waals surface area contributed by atoms with Gasteiger partial charge in [0.2, 0.25) is 0 Å². The van der Waals surface area contributed by atoms with Crippen LogP contribution in [0.2, 0.25) is 0 Å². The molecule has 150 valence electrons. The van der Waals surface area contributed by atoms with Gasteiger partial charge in [0, 0.05) is 19.2 Å². The van der Waals surface area contributed by atoms with E-state index in [9.17, 15) is 14.0 Å². The number of imide groups is 1. The van der Waals surface area contributed by atoms with Crippen molar-refractivity contribution in [2.45, 2.75) is 6.92 Å². The van der Waals surface area contributed by atoms with E-state index in [-0.39, 0.29) is 5.57 Å². The smallest absolute Gasteiger partial charge is 0.282 e. The van der Waals surface area contributed by atoms with Crippen LogP contribution in [0.3, 0.4) is 0 Å². The highest BCUT2D eigenvalue weighted by molar-refractivity contribution is 6.45. The number of carbonyl (C=O) groups excluding carboxylic acids is 2. The number of anilines is 1. The van der Waals surface area contributed by atoms with Gasteiger partial charge in [0.1, 0.15) is 17.3 Å². The minimum absolute atomic E-state index is 0.277. The number of halogens is 1. The molecule has 1 saturated heterocycles. The molecule has 2 aliphatic rings. The third kappa shape index (κ3) is 3.61. The van der Waals surface area contributed by atoms with Crippen molar-refractivity contribution in [1.82, 2.24) is 4.90 Å². The van der Waals surface area contributed by atoms with Gasteiger partial charge in [0.05, 0.1) is 31.1 Å². The van der Waals surface area contributed by atoms with E-state index in [1.165, 1.54) is 24.3 Å². The molecule has 2 aromatic rings. The molecule has 0 bridgehead atoms. The van der Waals surface area contributed by atoms with Gasteiger partial charge < -0.3 is 14.4 Å². The average Bonchev–Trinajstić information content (AvgIpc) is 3.00. The van der Waals surface area contributed by atoms with E-state index >= 15 is 0 Å². The van der Waals surface area contributed by atoms with Crippen molar-refractivity contribution in [3.05, 3.63) is 65.6 Å². The maximum Gasteiger partial charge on any atom is 0.282 e. The summed E-state index contributed by atoms with van der Waals surface area (Å²) in [5.41, 5.74) is 1.55. The fraction of sp³-hybridized carbons (Fsp3) is 0.273. The Morgan fingerprint density at radius 2 is 1.76 bits per heavy atom. The van der Waals surface area contributed by atoms with Crippen LogP contribution in [0.4, 0.5) is 10.1 Å². The van der Waals surface area contributed by atoms with E-state index in [0.29, 0.717) is 55.6 Å². The predicted molar refractivity (Wildman–Crippen MR) is 106 cm³/mol. The summed E-state index contributed by atoms with van der Waals surface area (Å²) < 4.78 is 24.3. The second kappa shape index (κ2) is 8.05. The Balaban J connectivity index is 1.79.